The number of rotatable bonds is 5. The average molecular weight is 468 g/mol. The Morgan fingerprint density at radius 2 is 1.97 bits per heavy atom. The first kappa shape index (κ1) is 19.2. The molecule has 0 radical (unpaired) electrons. The number of H-pyrrole nitrogens is 1. The van der Waals surface area contributed by atoms with E-state index in [9.17, 15) is 0 Å². The predicted molar refractivity (Wildman–Crippen MR) is 119 cm³/mol. The van der Waals surface area contributed by atoms with Gasteiger partial charge in [0.2, 0.25) is 0 Å². The highest BCUT2D eigenvalue weighted by atomic mass is 79.9. The SMILES string of the molecule is CC(c1ccc(Nc2nc(Br)cn3c(-c4cn[nH]c4)cnc23)cc1)N1CCOCC1. The fourth-order valence-corrected chi connectivity index (χ4v) is 4.19. The molecule has 1 aromatic carbocycles. The third-order valence-electron chi connectivity index (χ3n) is 5.51. The van der Waals surface area contributed by atoms with Gasteiger partial charge >= 0.3 is 0 Å². The van der Waals surface area contributed by atoms with E-state index in [1.807, 2.05) is 23.0 Å². The zero-order valence-electron chi connectivity index (χ0n) is 16.5. The van der Waals surface area contributed by atoms with E-state index < -0.39 is 0 Å². The Balaban J connectivity index is 1.40. The number of halogens is 1. The Labute approximate surface area is 182 Å². The summed E-state index contributed by atoms with van der Waals surface area (Å²) in [6.07, 6.45) is 7.36. The molecule has 0 amide bonds. The second-order valence-corrected chi connectivity index (χ2v) is 8.12. The number of nitrogens with one attached hydrogen (secondary N) is 2. The molecular formula is C21H22BrN7O. The molecule has 154 valence electrons. The number of fused-ring (bicyclic) bond motifs is 1. The summed E-state index contributed by atoms with van der Waals surface area (Å²) in [5.74, 6) is 0.688. The van der Waals surface area contributed by atoms with Crippen LogP contribution >= 0.6 is 15.9 Å². The zero-order valence-corrected chi connectivity index (χ0v) is 18.1. The van der Waals surface area contributed by atoms with Gasteiger partial charge in [-0.15, -0.1) is 0 Å². The fourth-order valence-electron chi connectivity index (χ4n) is 3.80. The third-order valence-corrected chi connectivity index (χ3v) is 5.89. The maximum atomic E-state index is 5.47. The van der Waals surface area contributed by atoms with Crippen LogP contribution in [0.3, 0.4) is 0 Å². The molecule has 0 saturated carbocycles. The molecule has 2 N–H and O–H groups in total. The van der Waals surface area contributed by atoms with Crippen LogP contribution in [0.15, 0.2) is 53.7 Å². The van der Waals surface area contributed by atoms with Crippen molar-refractivity contribution in [1.82, 2.24) is 29.5 Å². The minimum atomic E-state index is 0.364. The van der Waals surface area contributed by atoms with Gasteiger partial charge in [-0.2, -0.15) is 5.10 Å². The van der Waals surface area contributed by atoms with Gasteiger partial charge in [0.15, 0.2) is 11.5 Å². The van der Waals surface area contributed by atoms with E-state index in [4.69, 9.17) is 4.74 Å². The van der Waals surface area contributed by atoms with E-state index in [2.05, 4.69) is 77.5 Å². The van der Waals surface area contributed by atoms with Gasteiger partial charge in [-0.1, -0.05) is 12.1 Å². The van der Waals surface area contributed by atoms with Gasteiger partial charge < -0.3 is 10.1 Å². The fraction of sp³-hybridized carbons (Fsp3) is 0.286. The Bertz CT molecular complexity index is 1130. The van der Waals surface area contributed by atoms with Crippen molar-refractivity contribution >= 4 is 33.1 Å². The molecule has 0 spiro atoms. The van der Waals surface area contributed by atoms with Crippen LogP contribution in [0.4, 0.5) is 11.5 Å². The summed E-state index contributed by atoms with van der Waals surface area (Å²) in [6, 6.07) is 8.88. The van der Waals surface area contributed by atoms with Crippen LogP contribution < -0.4 is 5.32 Å². The molecule has 9 heteroatoms. The molecule has 1 atom stereocenters. The minimum Gasteiger partial charge on any atom is -0.379 e. The lowest BCUT2D eigenvalue weighted by atomic mass is 10.1. The summed E-state index contributed by atoms with van der Waals surface area (Å²) in [6.45, 7) is 5.80. The van der Waals surface area contributed by atoms with Crippen LogP contribution in [-0.2, 0) is 4.74 Å². The number of hydrogen-bond acceptors (Lipinski definition) is 6. The Morgan fingerprint density at radius 3 is 2.70 bits per heavy atom. The van der Waals surface area contributed by atoms with E-state index >= 15 is 0 Å². The molecule has 8 nitrogen and oxygen atoms in total. The summed E-state index contributed by atoms with van der Waals surface area (Å²) in [7, 11) is 0. The molecule has 1 aliphatic heterocycles. The molecule has 4 aromatic rings. The maximum Gasteiger partial charge on any atom is 0.181 e. The summed E-state index contributed by atoms with van der Waals surface area (Å²) in [5.41, 5.74) is 4.92. The average Bonchev–Trinajstić information content (AvgIpc) is 3.44. The van der Waals surface area contributed by atoms with Crippen molar-refractivity contribution in [1.29, 1.82) is 0 Å². The van der Waals surface area contributed by atoms with Gasteiger partial charge in [0.05, 0.1) is 31.3 Å². The normalized spacial score (nSPS) is 16.1. The second kappa shape index (κ2) is 8.17. The van der Waals surface area contributed by atoms with Crippen molar-refractivity contribution in [2.45, 2.75) is 13.0 Å². The van der Waals surface area contributed by atoms with Gasteiger partial charge in [0.25, 0.3) is 0 Å². The van der Waals surface area contributed by atoms with Gasteiger partial charge in [-0.05, 0) is 40.5 Å². The van der Waals surface area contributed by atoms with Crippen molar-refractivity contribution in [2.24, 2.45) is 0 Å². The van der Waals surface area contributed by atoms with Crippen LogP contribution in [0, 0.1) is 0 Å². The first-order valence-electron chi connectivity index (χ1n) is 9.90. The number of aromatic amines is 1. The first-order valence-corrected chi connectivity index (χ1v) is 10.7. The van der Waals surface area contributed by atoms with Crippen LogP contribution in [0.2, 0.25) is 0 Å². The molecule has 5 rings (SSSR count). The second-order valence-electron chi connectivity index (χ2n) is 7.31. The van der Waals surface area contributed by atoms with Crippen LogP contribution in [0.25, 0.3) is 16.9 Å². The molecule has 1 saturated heterocycles. The van der Waals surface area contributed by atoms with Gasteiger partial charge in [0.1, 0.15) is 4.60 Å². The topological polar surface area (TPSA) is 83.4 Å². The largest absolute Gasteiger partial charge is 0.379 e. The van der Waals surface area contributed by atoms with E-state index in [-0.39, 0.29) is 0 Å². The van der Waals surface area contributed by atoms with Gasteiger partial charge in [-0.3, -0.25) is 14.4 Å². The lowest BCUT2D eigenvalue weighted by Gasteiger charge is -2.32. The van der Waals surface area contributed by atoms with E-state index in [1.165, 1.54) is 5.56 Å². The molecule has 1 unspecified atom stereocenters. The predicted octanol–water partition coefficient (Wildman–Crippen LogP) is 4.02. The van der Waals surface area contributed by atoms with Crippen LogP contribution in [0.1, 0.15) is 18.5 Å². The molecule has 4 heterocycles. The third kappa shape index (κ3) is 3.71. The molecule has 3 aromatic heterocycles. The Kier molecular flexibility index (Phi) is 5.24. The van der Waals surface area contributed by atoms with Crippen molar-refractivity contribution in [3.63, 3.8) is 0 Å². The molecule has 0 aliphatic carbocycles. The summed E-state index contributed by atoms with van der Waals surface area (Å²) < 4.78 is 8.19. The molecule has 1 aliphatic rings. The quantitative estimate of drug-likeness (QED) is 0.461. The van der Waals surface area contributed by atoms with Crippen molar-refractivity contribution in [2.75, 3.05) is 31.6 Å². The number of benzene rings is 1. The van der Waals surface area contributed by atoms with E-state index in [0.29, 0.717) is 11.9 Å². The van der Waals surface area contributed by atoms with E-state index in [0.717, 1.165) is 53.5 Å². The van der Waals surface area contributed by atoms with E-state index in [1.54, 1.807) is 6.20 Å². The number of morpholine rings is 1. The monoisotopic (exact) mass is 467 g/mol. The lowest BCUT2D eigenvalue weighted by Crippen LogP contribution is -2.37. The zero-order chi connectivity index (χ0) is 20.5. The summed E-state index contributed by atoms with van der Waals surface area (Å²) in [4.78, 5) is 11.6. The number of anilines is 2. The Morgan fingerprint density at radius 1 is 1.17 bits per heavy atom. The van der Waals surface area contributed by atoms with Crippen LogP contribution in [0.5, 0.6) is 0 Å². The van der Waals surface area contributed by atoms with Crippen molar-refractivity contribution in [3.05, 3.63) is 59.2 Å². The minimum absolute atomic E-state index is 0.364. The van der Waals surface area contributed by atoms with Gasteiger partial charge in [0, 0.05) is 42.8 Å². The smallest absolute Gasteiger partial charge is 0.181 e. The summed E-state index contributed by atoms with van der Waals surface area (Å²) >= 11 is 3.51. The Hall–Kier alpha value is -2.75. The highest BCUT2D eigenvalue weighted by Crippen LogP contribution is 2.28. The number of ether oxygens (including phenoxy) is 1. The molecule has 1 fully saturated rings. The number of nitrogens with zero attached hydrogens (tertiary/aromatic N) is 5. The number of imidazole rings is 1. The number of aromatic nitrogens is 5. The van der Waals surface area contributed by atoms with Gasteiger partial charge in [-0.25, -0.2) is 9.97 Å². The maximum absolute atomic E-state index is 5.47. The van der Waals surface area contributed by atoms with Crippen molar-refractivity contribution in [3.8, 4) is 11.3 Å². The first-order chi connectivity index (χ1) is 14.7. The highest BCUT2D eigenvalue weighted by Gasteiger charge is 2.18. The molecule has 30 heavy (non-hydrogen) atoms. The van der Waals surface area contributed by atoms with Crippen LogP contribution in [-0.4, -0.2) is 55.8 Å². The highest BCUT2D eigenvalue weighted by molar-refractivity contribution is 9.10. The number of hydrogen-bond donors (Lipinski definition) is 2. The standard InChI is InChI=1S/C21H22BrN7O/c1-14(28-6-8-30-9-7-28)15-2-4-17(5-3-15)26-20-21-23-12-18(16-10-24-25-11-16)29(21)13-19(22)27-20/h2-5,10-14H,6-9H2,1H3,(H,24,25)(H,26,27). The molecule has 0 bridgehead atoms. The molecular weight excluding hydrogens is 446 g/mol. The van der Waals surface area contributed by atoms with Crippen molar-refractivity contribution < 1.29 is 4.74 Å². The summed E-state index contributed by atoms with van der Waals surface area (Å²) in [5, 5.41) is 10.3. The lowest BCUT2D eigenvalue weighted by molar-refractivity contribution is 0.0198.